The zero-order chi connectivity index (χ0) is 36.6. The minimum atomic E-state index is -0.749. The number of hydrogen-bond acceptors (Lipinski definition) is 8. The fourth-order valence-corrected chi connectivity index (χ4v) is 6.86. The standard InChI is InChI=1S/C42H54O8/c1-27-28(21-45-5)15-36(16-29(27)22-46-6)41(2,3)34-11-13-35(14-12-34)42(4,37-17-30(23-47-7)39(43)31(18-37)24-48-8)38-19-32(25-49-9)40(44)33(20-38)26-50-10/h11-20,43-44H,21-26H2,1-10H3. The molecule has 0 heterocycles. The third kappa shape index (κ3) is 7.91. The quantitative estimate of drug-likeness (QED) is 0.108. The van der Waals surface area contributed by atoms with Crippen LogP contribution in [0, 0.1) is 6.92 Å². The second-order valence-electron chi connectivity index (χ2n) is 13.6. The molecule has 50 heavy (non-hydrogen) atoms. The molecular weight excluding hydrogens is 632 g/mol. The summed E-state index contributed by atoms with van der Waals surface area (Å²) in [5.41, 5.74) is 10.3. The summed E-state index contributed by atoms with van der Waals surface area (Å²) >= 11 is 0. The summed E-state index contributed by atoms with van der Waals surface area (Å²) < 4.78 is 33.1. The van der Waals surface area contributed by atoms with Crippen LogP contribution in [0.4, 0.5) is 0 Å². The minimum Gasteiger partial charge on any atom is -0.507 e. The molecule has 0 atom stereocenters. The van der Waals surface area contributed by atoms with Crippen LogP contribution in [0.25, 0.3) is 0 Å². The van der Waals surface area contributed by atoms with Gasteiger partial charge in [-0.2, -0.15) is 0 Å². The van der Waals surface area contributed by atoms with Crippen molar-refractivity contribution in [1.29, 1.82) is 0 Å². The lowest BCUT2D eigenvalue weighted by Gasteiger charge is -2.35. The van der Waals surface area contributed by atoms with E-state index in [2.05, 4.69) is 64.1 Å². The normalized spacial score (nSPS) is 12.1. The predicted octanol–water partition coefficient (Wildman–Crippen LogP) is 7.96. The lowest BCUT2D eigenvalue weighted by atomic mass is 9.68. The van der Waals surface area contributed by atoms with Crippen molar-refractivity contribution in [2.45, 2.75) is 78.2 Å². The summed E-state index contributed by atoms with van der Waals surface area (Å²) in [6.45, 7) is 10.7. The molecule has 0 aromatic heterocycles. The number of hydrogen-bond donors (Lipinski definition) is 2. The van der Waals surface area contributed by atoms with Crippen molar-refractivity contribution in [1.82, 2.24) is 0 Å². The van der Waals surface area contributed by atoms with E-state index in [1.807, 2.05) is 24.3 Å². The number of phenols is 2. The van der Waals surface area contributed by atoms with Crippen LogP contribution < -0.4 is 0 Å². The van der Waals surface area contributed by atoms with Gasteiger partial charge in [-0.15, -0.1) is 0 Å². The third-order valence-electron chi connectivity index (χ3n) is 10.0. The van der Waals surface area contributed by atoms with Crippen LogP contribution in [0.3, 0.4) is 0 Å². The Hall–Kier alpha value is -3.76. The van der Waals surface area contributed by atoms with Gasteiger partial charge in [0.2, 0.25) is 0 Å². The molecular formula is C42H54O8. The number of methoxy groups -OCH3 is 6. The van der Waals surface area contributed by atoms with E-state index in [0.717, 1.165) is 33.4 Å². The van der Waals surface area contributed by atoms with Gasteiger partial charge in [0.25, 0.3) is 0 Å². The predicted molar refractivity (Wildman–Crippen MR) is 196 cm³/mol. The number of phenolic OH excluding ortho intramolecular Hbond substituents is 2. The van der Waals surface area contributed by atoms with Crippen molar-refractivity contribution in [3.05, 3.63) is 127 Å². The smallest absolute Gasteiger partial charge is 0.126 e. The van der Waals surface area contributed by atoms with Crippen molar-refractivity contribution >= 4 is 0 Å². The summed E-state index contributed by atoms with van der Waals surface area (Å²) in [5, 5.41) is 22.3. The highest BCUT2D eigenvalue weighted by Crippen LogP contribution is 2.45. The van der Waals surface area contributed by atoms with Crippen molar-refractivity contribution in [3.8, 4) is 11.5 Å². The Labute approximate surface area is 297 Å². The molecule has 4 aromatic carbocycles. The highest BCUT2D eigenvalue weighted by Gasteiger charge is 2.35. The number of ether oxygens (including phenoxy) is 6. The van der Waals surface area contributed by atoms with Crippen LogP contribution >= 0.6 is 0 Å². The molecule has 0 aliphatic carbocycles. The second-order valence-corrected chi connectivity index (χ2v) is 13.6. The van der Waals surface area contributed by atoms with Crippen molar-refractivity contribution < 1.29 is 38.6 Å². The first-order valence-electron chi connectivity index (χ1n) is 16.8. The van der Waals surface area contributed by atoms with E-state index >= 15 is 0 Å². The van der Waals surface area contributed by atoms with E-state index in [4.69, 9.17) is 28.4 Å². The molecule has 0 aliphatic rings. The first-order valence-corrected chi connectivity index (χ1v) is 16.8. The monoisotopic (exact) mass is 686 g/mol. The molecule has 0 fully saturated rings. The number of benzene rings is 4. The maximum Gasteiger partial charge on any atom is 0.126 e. The molecule has 2 N–H and O–H groups in total. The van der Waals surface area contributed by atoms with E-state index < -0.39 is 5.41 Å². The molecule has 4 rings (SSSR count). The van der Waals surface area contributed by atoms with Gasteiger partial charge in [-0.1, -0.05) is 50.2 Å². The molecule has 0 saturated heterocycles. The first-order chi connectivity index (χ1) is 23.9. The highest BCUT2D eigenvalue weighted by atomic mass is 16.5. The lowest BCUT2D eigenvalue weighted by molar-refractivity contribution is 0.174. The lowest BCUT2D eigenvalue weighted by Crippen LogP contribution is -2.27. The van der Waals surface area contributed by atoms with E-state index in [-0.39, 0.29) is 43.3 Å². The summed E-state index contributed by atoms with van der Waals surface area (Å²) in [4.78, 5) is 0. The summed E-state index contributed by atoms with van der Waals surface area (Å²) in [5.74, 6) is 0.308. The van der Waals surface area contributed by atoms with Crippen molar-refractivity contribution in [2.24, 2.45) is 0 Å². The van der Waals surface area contributed by atoms with Gasteiger partial charge in [-0.25, -0.2) is 0 Å². The molecule has 0 radical (unpaired) electrons. The van der Waals surface area contributed by atoms with E-state index in [1.54, 1.807) is 42.7 Å². The van der Waals surface area contributed by atoms with Crippen LogP contribution in [0.1, 0.15) is 87.5 Å². The number of aromatic hydroxyl groups is 2. The maximum absolute atomic E-state index is 11.2. The Balaban J connectivity index is 1.97. The Kier molecular flexibility index (Phi) is 13.2. The molecule has 0 unspecified atom stereocenters. The zero-order valence-electron chi connectivity index (χ0n) is 31.4. The Morgan fingerprint density at radius 3 is 1.02 bits per heavy atom. The van der Waals surface area contributed by atoms with Gasteiger partial charge < -0.3 is 38.6 Å². The first kappa shape index (κ1) is 39.0. The van der Waals surface area contributed by atoms with Crippen LogP contribution in [0.5, 0.6) is 11.5 Å². The molecule has 0 aliphatic heterocycles. The van der Waals surface area contributed by atoms with Gasteiger partial charge in [0, 0.05) is 75.7 Å². The van der Waals surface area contributed by atoms with Crippen LogP contribution in [-0.4, -0.2) is 52.9 Å². The van der Waals surface area contributed by atoms with E-state index in [9.17, 15) is 10.2 Å². The number of rotatable bonds is 17. The van der Waals surface area contributed by atoms with E-state index in [0.29, 0.717) is 35.5 Å². The maximum atomic E-state index is 11.2. The topological polar surface area (TPSA) is 95.8 Å². The van der Waals surface area contributed by atoms with Gasteiger partial charge >= 0.3 is 0 Å². The molecule has 0 bridgehead atoms. The van der Waals surface area contributed by atoms with Crippen LogP contribution in [0.15, 0.2) is 60.7 Å². The summed E-state index contributed by atoms with van der Waals surface area (Å²) in [7, 11) is 9.89. The van der Waals surface area contributed by atoms with Crippen LogP contribution in [0.2, 0.25) is 0 Å². The van der Waals surface area contributed by atoms with E-state index in [1.165, 1.54) is 11.1 Å². The largest absolute Gasteiger partial charge is 0.507 e. The Bertz CT molecular complexity index is 1600. The van der Waals surface area contributed by atoms with Crippen molar-refractivity contribution in [2.75, 3.05) is 42.7 Å². The highest BCUT2D eigenvalue weighted by molar-refractivity contribution is 5.58. The molecule has 0 saturated carbocycles. The van der Waals surface area contributed by atoms with Gasteiger partial charge in [-0.05, 0) is 82.6 Å². The fraction of sp³-hybridized carbons (Fsp3) is 0.429. The van der Waals surface area contributed by atoms with Crippen molar-refractivity contribution in [3.63, 3.8) is 0 Å². The molecule has 8 heteroatoms. The van der Waals surface area contributed by atoms with Gasteiger partial charge in [0.1, 0.15) is 11.5 Å². The van der Waals surface area contributed by atoms with Crippen LogP contribution in [-0.2, 0) is 78.9 Å². The molecule has 0 spiro atoms. The summed E-state index contributed by atoms with van der Waals surface area (Å²) in [6, 6.07) is 21.2. The zero-order valence-corrected chi connectivity index (χ0v) is 31.4. The minimum absolute atomic E-state index is 0.154. The third-order valence-corrected chi connectivity index (χ3v) is 10.0. The average molecular weight is 687 g/mol. The Morgan fingerprint density at radius 1 is 0.420 bits per heavy atom. The molecule has 8 nitrogen and oxygen atoms in total. The molecule has 0 amide bonds. The average Bonchev–Trinajstić information content (AvgIpc) is 3.10. The van der Waals surface area contributed by atoms with Gasteiger partial charge in [0.05, 0.1) is 39.6 Å². The SMILES string of the molecule is COCc1cc(C(C)(C)c2ccc(C(C)(c3cc(COC)c(O)c(COC)c3)c3cc(COC)c(O)c(COC)c3)cc2)cc(COC)c1C. The van der Waals surface area contributed by atoms with Gasteiger partial charge in [0.15, 0.2) is 0 Å². The van der Waals surface area contributed by atoms with Gasteiger partial charge in [-0.3, -0.25) is 0 Å². The fourth-order valence-electron chi connectivity index (χ4n) is 6.86. The summed E-state index contributed by atoms with van der Waals surface area (Å²) in [6.07, 6.45) is 0. The Morgan fingerprint density at radius 2 is 0.700 bits per heavy atom. The second kappa shape index (κ2) is 17.0. The molecule has 4 aromatic rings. The molecule has 270 valence electrons.